The van der Waals surface area contributed by atoms with Crippen LogP contribution in [0.2, 0.25) is 0 Å². The highest BCUT2D eigenvalue weighted by atomic mass is 19.1. The molecule has 3 heteroatoms. The summed E-state index contributed by atoms with van der Waals surface area (Å²) < 4.78 is 19.5. The summed E-state index contributed by atoms with van der Waals surface area (Å²) in [6.45, 7) is 3.54. The molecule has 110 valence electrons. The van der Waals surface area contributed by atoms with E-state index in [0.717, 1.165) is 30.7 Å². The van der Waals surface area contributed by atoms with Gasteiger partial charge in [0.2, 0.25) is 0 Å². The summed E-state index contributed by atoms with van der Waals surface area (Å²) in [6.07, 6.45) is 3.48. The van der Waals surface area contributed by atoms with Crippen molar-refractivity contribution in [3.8, 4) is 11.5 Å². The number of benzene rings is 2. The molecule has 0 fully saturated rings. The van der Waals surface area contributed by atoms with E-state index < -0.39 is 0 Å². The Bertz CT molecular complexity index is 639. The van der Waals surface area contributed by atoms with Crippen LogP contribution >= 0.6 is 0 Å². The standard InChI is InChI=1S/C18H20FNO/c1-2-20-12-13-8-16(19)11-18(9-13)21-17-7-6-14-4-3-5-15(14)10-17/h6-11,20H,2-5,12H2,1H3. The molecule has 0 amide bonds. The van der Waals surface area contributed by atoms with E-state index in [4.69, 9.17) is 4.74 Å². The molecule has 1 aliphatic carbocycles. The molecule has 3 rings (SSSR count). The predicted molar refractivity (Wildman–Crippen MR) is 82.3 cm³/mol. The number of rotatable bonds is 5. The van der Waals surface area contributed by atoms with E-state index in [-0.39, 0.29) is 5.82 Å². The van der Waals surface area contributed by atoms with Gasteiger partial charge in [-0.15, -0.1) is 0 Å². The van der Waals surface area contributed by atoms with Crippen LogP contribution in [0.5, 0.6) is 11.5 Å². The Balaban J connectivity index is 1.79. The van der Waals surface area contributed by atoms with Gasteiger partial charge in [-0.05, 0) is 66.8 Å². The Kier molecular flexibility index (Phi) is 4.20. The van der Waals surface area contributed by atoms with E-state index in [1.807, 2.05) is 19.1 Å². The molecule has 0 spiro atoms. The van der Waals surface area contributed by atoms with Gasteiger partial charge in [0.25, 0.3) is 0 Å². The van der Waals surface area contributed by atoms with Crippen LogP contribution in [0.4, 0.5) is 4.39 Å². The zero-order chi connectivity index (χ0) is 14.7. The highest BCUT2D eigenvalue weighted by molar-refractivity contribution is 5.41. The highest BCUT2D eigenvalue weighted by Gasteiger charge is 2.12. The number of fused-ring (bicyclic) bond motifs is 1. The minimum atomic E-state index is -0.262. The zero-order valence-electron chi connectivity index (χ0n) is 12.3. The van der Waals surface area contributed by atoms with E-state index in [0.29, 0.717) is 12.3 Å². The first-order valence-corrected chi connectivity index (χ1v) is 7.54. The number of aryl methyl sites for hydroxylation is 2. The molecule has 0 aliphatic heterocycles. The molecule has 0 unspecified atom stereocenters. The van der Waals surface area contributed by atoms with Crippen LogP contribution in [0.1, 0.15) is 30.0 Å². The average molecular weight is 285 g/mol. The van der Waals surface area contributed by atoms with E-state index in [1.54, 1.807) is 0 Å². The van der Waals surface area contributed by atoms with Crippen LogP contribution < -0.4 is 10.1 Å². The first-order valence-electron chi connectivity index (χ1n) is 7.54. The van der Waals surface area contributed by atoms with Gasteiger partial charge in [0, 0.05) is 12.6 Å². The second-order valence-corrected chi connectivity index (χ2v) is 5.46. The first-order chi connectivity index (χ1) is 10.2. The quantitative estimate of drug-likeness (QED) is 0.888. The van der Waals surface area contributed by atoms with Gasteiger partial charge in [0.15, 0.2) is 0 Å². The SMILES string of the molecule is CCNCc1cc(F)cc(Oc2ccc3c(c2)CCC3)c1. The summed E-state index contributed by atoms with van der Waals surface area (Å²) >= 11 is 0. The molecule has 0 atom stereocenters. The third-order valence-corrected chi connectivity index (χ3v) is 3.82. The van der Waals surface area contributed by atoms with Crippen molar-refractivity contribution in [2.75, 3.05) is 6.54 Å². The topological polar surface area (TPSA) is 21.3 Å². The largest absolute Gasteiger partial charge is 0.457 e. The lowest BCUT2D eigenvalue weighted by atomic mass is 10.1. The Hall–Kier alpha value is -1.87. The molecule has 0 saturated carbocycles. The van der Waals surface area contributed by atoms with Crippen molar-refractivity contribution in [2.45, 2.75) is 32.7 Å². The van der Waals surface area contributed by atoms with E-state index >= 15 is 0 Å². The summed E-state index contributed by atoms with van der Waals surface area (Å²) in [4.78, 5) is 0. The second kappa shape index (κ2) is 6.27. The van der Waals surface area contributed by atoms with Crippen LogP contribution in [0.25, 0.3) is 0 Å². The van der Waals surface area contributed by atoms with Crippen molar-refractivity contribution >= 4 is 0 Å². The van der Waals surface area contributed by atoms with Crippen LogP contribution in [-0.2, 0) is 19.4 Å². The molecular weight excluding hydrogens is 265 g/mol. The maximum atomic E-state index is 13.7. The van der Waals surface area contributed by atoms with Crippen molar-refractivity contribution in [1.82, 2.24) is 5.32 Å². The molecule has 0 saturated heterocycles. The fourth-order valence-electron chi connectivity index (χ4n) is 2.80. The van der Waals surface area contributed by atoms with E-state index in [9.17, 15) is 4.39 Å². The summed E-state index contributed by atoms with van der Waals surface area (Å²) in [5, 5.41) is 3.19. The van der Waals surface area contributed by atoms with Crippen molar-refractivity contribution in [2.24, 2.45) is 0 Å². The highest BCUT2D eigenvalue weighted by Crippen LogP contribution is 2.29. The molecule has 21 heavy (non-hydrogen) atoms. The summed E-state index contributed by atoms with van der Waals surface area (Å²) in [6, 6.07) is 11.0. The lowest BCUT2D eigenvalue weighted by Crippen LogP contribution is -2.11. The Morgan fingerprint density at radius 1 is 1.05 bits per heavy atom. The van der Waals surface area contributed by atoms with Gasteiger partial charge in [0.05, 0.1) is 0 Å². The van der Waals surface area contributed by atoms with Gasteiger partial charge in [-0.25, -0.2) is 4.39 Å². The van der Waals surface area contributed by atoms with Crippen molar-refractivity contribution in [1.29, 1.82) is 0 Å². The molecule has 1 N–H and O–H groups in total. The molecular formula is C18H20FNO. The monoisotopic (exact) mass is 285 g/mol. The normalized spacial score (nSPS) is 13.2. The number of halogens is 1. The van der Waals surface area contributed by atoms with Crippen LogP contribution in [0.15, 0.2) is 36.4 Å². The van der Waals surface area contributed by atoms with Crippen LogP contribution in [0, 0.1) is 5.82 Å². The Labute approximate surface area is 125 Å². The molecule has 1 aliphatic rings. The lowest BCUT2D eigenvalue weighted by Gasteiger charge is -2.10. The first kappa shape index (κ1) is 14.1. The van der Waals surface area contributed by atoms with E-state index in [1.165, 1.54) is 29.7 Å². The van der Waals surface area contributed by atoms with E-state index in [2.05, 4.69) is 17.4 Å². The minimum absolute atomic E-state index is 0.262. The third-order valence-electron chi connectivity index (χ3n) is 3.82. The van der Waals surface area contributed by atoms with Crippen molar-refractivity contribution in [3.05, 3.63) is 58.9 Å². The van der Waals surface area contributed by atoms with Gasteiger partial charge in [0.1, 0.15) is 17.3 Å². The molecule has 0 aromatic heterocycles. The summed E-state index contributed by atoms with van der Waals surface area (Å²) in [5.74, 6) is 1.08. The van der Waals surface area contributed by atoms with Gasteiger partial charge in [-0.1, -0.05) is 13.0 Å². The molecule has 0 heterocycles. The van der Waals surface area contributed by atoms with Crippen LogP contribution in [0.3, 0.4) is 0 Å². The lowest BCUT2D eigenvalue weighted by molar-refractivity contribution is 0.474. The Morgan fingerprint density at radius 2 is 1.90 bits per heavy atom. The zero-order valence-corrected chi connectivity index (χ0v) is 12.3. The van der Waals surface area contributed by atoms with Gasteiger partial charge in [-0.3, -0.25) is 0 Å². The predicted octanol–water partition coefficient (Wildman–Crippen LogP) is 4.22. The molecule has 2 aromatic rings. The third kappa shape index (κ3) is 3.42. The number of nitrogens with one attached hydrogen (secondary N) is 1. The number of ether oxygens (including phenoxy) is 1. The van der Waals surface area contributed by atoms with Crippen LogP contribution in [-0.4, -0.2) is 6.54 Å². The molecule has 0 radical (unpaired) electrons. The Morgan fingerprint density at radius 3 is 2.76 bits per heavy atom. The second-order valence-electron chi connectivity index (χ2n) is 5.46. The number of hydrogen-bond donors (Lipinski definition) is 1. The number of hydrogen-bond acceptors (Lipinski definition) is 2. The average Bonchev–Trinajstić information content (AvgIpc) is 2.92. The fraction of sp³-hybridized carbons (Fsp3) is 0.333. The van der Waals surface area contributed by atoms with Crippen molar-refractivity contribution in [3.63, 3.8) is 0 Å². The van der Waals surface area contributed by atoms with Gasteiger partial charge in [-0.2, -0.15) is 0 Å². The maximum absolute atomic E-state index is 13.7. The smallest absolute Gasteiger partial charge is 0.130 e. The maximum Gasteiger partial charge on any atom is 0.130 e. The summed E-state index contributed by atoms with van der Waals surface area (Å²) in [5.41, 5.74) is 3.67. The minimum Gasteiger partial charge on any atom is -0.457 e. The van der Waals surface area contributed by atoms with Crippen molar-refractivity contribution < 1.29 is 9.13 Å². The van der Waals surface area contributed by atoms with Gasteiger partial charge >= 0.3 is 0 Å². The summed E-state index contributed by atoms with van der Waals surface area (Å²) in [7, 11) is 0. The molecule has 0 bridgehead atoms. The van der Waals surface area contributed by atoms with Gasteiger partial charge < -0.3 is 10.1 Å². The fourth-order valence-corrected chi connectivity index (χ4v) is 2.80. The molecule has 2 nitrogen and oxygen atoms in total. The molecule has 2 aromatic carbocycles.